The molecule has 0 radical (unpaired) electrons. The summed E-state index contributed by atoms with van der Waals surface area (Å²) < 4.78 is 25.8. The van der Waals surface area contributed by atoms with Gasteiger partial charge in [-0.15, -0.1) is 6.58 Å². The van der Waals surface area contributed by atoms with Crippen LogP contribution in [0.2, 0.25) is 0 Å². The normalized spacial score (nSPS) is 11.3. The number of hydrogen-bond donors (Lipinski definition) is 2. The number of aliphatic hydroxyl groups excluding tert-OH is 1. The molecule has 0 heterocycles. The van der Waals surface area contributed by atoms with Crippen molar-refractivity contribution in [2.24, 2.45) is 0 Å². The van der Waals surface area contributed by atoms with Crippen molar-refractivity contribution >= 4 is 21.6 Å². The zero-order chi connectivity index (χ0) is 15.2. The van der Waals surface area contributed by atoms with Crippen molar-refractivity contribution in [1.82, 2.24) is 4.31 Å². The first-order chi connectivity index (χ1) is 9.41. The summed E-state index contributed by atoms with van der Waals surface area (Å²) in [5.41, 5.74) is 0.522. The number of hydrogen-bond acceptors (Lipinski definition) is 4. The maximum atomic E-state index is 12.3. The standard InChI is InChI=1S/C13H18N2O4S/c1-3-8-15(9-10-16)20(18,19)13-6-4-12(5-7-13)14-11(2)17/h3-7,16H,1,8-10H2,2H3,(H,14,17). The van der Waals surface area contributed by atoms with Gasteiger partial charge in [-0.3, -0.25) is 4.79 Å². The largest absolute Gasteiger partial charge is 0.395 e. The summed E-state index contributed by atoms with van der Waals surface area (Å²) >= 11 is 0. The third kappa shape index (κ3) is 4.16. The van der Waals surface area contributed by atoms with Crippen LogP contribution in [0.4, 0.5) is 5.69 Å². The molecule has 0 saturated heterocycles. The molecule has 1 aromatic carbocycles. The number of anilines is 1. The average Bonchev–Trinajstić information content (AvgIpc) is 2.38. The first-order valence-corrected chi connectivity index (χ1v) is 7.45. The van der Waals surface area contributed by atoms with Crippen LogP contribution in [0.15, 0.2) is 41.8 Å². The Balaban J connectivity index is 3.01. The van der Waals surface area contributed by atoms with Crippen molar-refractivity contribution in [3.63, 3.8) is 0 Å². The van der Waals surface area contributed by atoms with E-state index in [9.17, 15) is 13.2 Å². The molecule has 0 unspecified atom stereocenters. The lowest BCUT2D eigenvalue weighted by Crippen LogP contribution is -2.33. The summed E-state index contributed by atoms with van der Waals surface area (Å²) in [4.78, 5) is 11.0. The summed E-state index contributed by atoms with van der Waals surface area (Å²) in [5, 5.41) is 11.5. The van der Waals surface area contributed by atoms with Gasteiger partial charge >= 0.3 is 0 Å². The lowest BCUT2D eigenvalue weighted by Gasteiger charge is -2.19. The summed E-state index contributed by atoms with van der Waals surface area (Å²) in [7, 11) is -3.68. The fourth-order valence-electron chi connectivity index (χ4n) is 1.63. The molecule has 0 spiro atoms. The van der Waals surface area contributed by atoms with Crippen molar-refractivity contribution in [3.8, 4) is 0 Å². The second-order valence-electron chi connectivity index (χ2n) is 4.08. The average molecular weight is 298 g/mol. The molecule has 20 heavy (non-hydrogen) atoms. The lowest BCUT2D eigenvalue weighted by molar-refractivity contribution is -0.114. The number of nitrogens with one attached hydrogen (secondary N) is 1. The fourth-order valence-corrected chi connectivity index (χ4v) is 3.03. The van der Waals surface area contributed by atoms with Gasteiger partial charge in [-0.05, 0) is 24.3 Å². The number of carbonyl (C=O) groups excluding carboxylic acids is 1. The summed E-state index contributed by atoms with van der Waals surface area (Å²) in [6.07, 6.45) is 1.46. The van der Waals surface area contributed by atoms with Crippen LogP contribution in [0, 0.1) is 0 Å². The molecular formula is C13H18N2O4S. The SMILES string of the molecule is C=CCN(CCO)S(=O)(=O)c1ccc(NC(C)=O)cc1. The van der Waals surface area contributed by atoms with Gasteiger partial charge in [0.05, 0.1) is 11.5 Å². The topological polar surface area (TPSA) is 86.7 Å². The summed E-state index contributed by atoms with van der Waals surface area (Å²) in [6, 6.07) is 5.85. The Morgan fingerprint density at radius 3 is 2.45 bits per heavy atom. The minimum atomic E-state index is -3.68. The van der Waals surface area contributed by atoms with Crippen molar-refractivity contribution in [3.05, 3.63) is 36.9 Å². The predicted molar refractivity (Wildman–Crippen MR) is 76.8 cm³/mol. The minimum absolute atomic E-state index is 0.00179. The lowest BCUT2D eigenvalue weighted by atomic mass is 10.3. The zero-order valence-electron chi connectivity index (χ0n) is 11.2. The Labute approximate surface area is 118 Å². The van der Waals surface area contributed by atoms with E-state index in [1.54, 1.807) is 0 Å². The van der Waals surface area contributed by atoms with Crippen LogP contribution in [-0.2, 0) is 14.8 Å². The first kappa shape index (κ1) is 16.4. The van der Waals surface area contributed by atoms with E-state index in [4.69, 9.17) is 5.11 Å². The highest BCUT2D eigenvalue weighted by Crippen LogP contribution is 2.18. The van der Waals surface area contributed by atoms with E-state index in [0.29, 0.717) is 5.69 Å². The van der Waals surface area contributed by atoms with Gasteiger partial charge in [-0.25, -0.2) is 8.42 Å². The van der Waals surface area contributed by atoms with E-state index in [0.717, 1.165) is 4.31 Å². The maximum absolute atomic E-state index is 12.3. The van der Waals surface area contributed by atoms with Crippen molar-refractivity contribution in [1.29, 1.82) is 0 Å². The number of rotatable bonds is 7. The van der Waals surface area contributed by atoms with Crippen LogP contribution in [0.25, 0.3) is 0 Å². The third-order valence-corrected chi connectivity index (χ3v) is 4.37. The Morgan fingerprint density at radius 1 is 1.40 bits per heavy atom. The van der Waals surface area contributed by atoms with Gasteiger partial charge in [-0.2, -0.15) is 4.31 Å². The second-order valence-corrected chi connectivity index (χ2v) is 6.02. The molecule has 2 N–H and O–H groups in total. The van der Waals surface area contributed by atoms with E-state index >= 15 is 0 Å². The maximum Gasteiger partial charge on any atom is 0.243 e. The molecule has 6 nitrogen and oxygen atoms in total. The Bertz CT molecular complexity index is 567. The van der Waals surface area contributed by atoms with Crippen LogP contribution in [0.1, 0.15) is 6.92 Å². The van der Waals surface area contributed by atoms with Crippen LogP contribution in [0.5, 0.6) is 0 Å². The quantitative estimate of drug-likeness (QED) is 0.729. The molecule has 0 atom stereocenters. The van der Waals surface area contributed by atoms with Crippen LogP contribution < -0.4 is 5.32 Å². The van der Waals surface area contributed by atoms with E-state index in [2.05, 4.69) is 11.9 Å². The van der Waals surface area contributed by atoms with E-state index in [-0.39, 0.29) is 30.5 Å². The first-order valence-electron chi connectivity index (χ1n) is 6.01. The molecular weight excluding hydrogens is 280 g/mol. The van der Waals surface area contributed by atoms with Gasteiger partial charge in [0, 0.05) is 25.7 Å². The Morgan fingerprint density at radius 2 is 2.00 bits per heavy atom. The smallest absolute Gasteiger partial charge is 0.243 e. The molecule has 1 amide bonds. The van der Waals surface area contributed by atoms with E-state index in [1.165, 1.54) is 37.3 Å². The zero-order valence-corrected chi connectivity index (χ0v) is 12.1. The predicted octanol–water partition coefficient (Wildman–Crippen LogP) is 0.814. The molecule has 0 aliphatic rings. The van der Waals surface area contributed by atoms with Crippen LogP contribution in [-0.4, -0.2) is 43.4 Å². The van der Waals surface area contributed by atoms with E-state index < -0.39 is 10.0 Å². The van der Waals surface area contributed by atoms with Crippen molar-refractivity contribution in [2.75, 3.05) is 25.0 Å². The summed E-state index contributed by atoms with van der Waals surface area (Å²) in [5.74, 6) is -0.228. The molecule has 1 rings (SSSR count). The molecule has 0 aromatic heterocycles. The molecule has 7 heteroatoms. The van der Waals surface area contributed by atoms with Crippen LogP contribution in [0.3, 0.4) is 0 Å². The third-order valence-electron chi connectivity index (χ3n) is 2.49. The number of nitrogens with zero attached hydrogens (tertiary/aromatic N) is 1. The minimum Gasteiger partial charge on any atom is -0.395 e. The van der Waals surface area contributed by atoms with Gasteiger partial charge in [0.2, 0.25) is 15.9 Å². The second kappa shape index (κ2) is 7.18. The molecule has 110 valence electrons. The van der Waals surface area contributed by atoms with Gasteiger partial charge < -0.3 is 10.4 Å². The van der Waals surface area contributed by atoms with Crippen LogP contribution >= 0.6 is 0 Å². The van der Waals surface area contributed by atoms with Gasteiger partial charge in [0.1, 0.15) is 0 Å². The van der Waals surface area contributed by atoms with Gasteiger partial charge in [0.25, 0.3) is 0 Å². The molecule has 0 aliphatic heterocycles. The molecule has 0 fully saturated rings. The van der Waals surface area contributed by atoms with Gasteiger partial charge in [0.15, 0.2) is 0 Å². The highest BCUT2D eigenvalue weighted by atomic mass is 32.2. The van der Waals surface area contributed by atoms with E-state index in [1.807, 2.05) is 0 Å². The summed E-state index contributed by atoms with van der Waals surface area (Å²) in [6.45, 7) is 4.73. The monoisotopic (exact) mass is 298 g/mol. The Kier molecular flexibility index (Phi) is 5.87. The highest BCUT2D eigenvalue weighted by Gasteiger charge is 2.22. The van der Waals surface area contributed by atoms with Crippen molar-refractivity contribution < 1.29 is 18.3 Å². The molecule has 0 bridgehead atoms. The highest BCUT2D eigenvalue weighted by molar-refractivity contribution is 7.89. The number of carbonyl (C=O) groups is 1. The fraction of sp³-hybridized carbons (Fsp3) is 0.308. The number of aliphatic hydroxyl groups is 1. The molecule has 0 aliphatic carbocycles. The number of amides is 1. The Hall–Kier alpha value is -1.70. The molecule has 1 aromatic rings. The molecule has 0 saturated carbocycles. The van der Waals surface area contributed by atoms with Gasteiger partial charge in [-0.1, -0.05) is 6.08 Å². The number of sulfonamides is 1. The van der Waals surface area contributed by atoms with Crippen molar-refractivity contribution in [2.45, 2.75) is 11.8 Å². The number of benzene rings is 1.